The lowest BCUT2D eigenvalue weighted by Gasteiger charge is -2.18. The summed E-state index contributed by atoms with van der Waals surface area (Å²) in [5, 5.41) is 4.22. The van der Waals surface area contributed by atoms with E-state index in [0.717, 1.165) is 5.69 Å². The number of nitrogens with zero attached hydrogens (tertiary/aromatic N) is 2. The Labute approximate surface area is 114 Å². The van der Waals surface area contributed by atoms with Crippen LogP contribution in [0.1, 0.15) is 48.1 Å². The smallest absolute Gasteiger partial charge is 0.213 e. The second-order valence-electron chi connectivity index (χ2n) is 5.95. The van der Waals surface area contributed by atoms with Crippen molar-refractivity contribution in [2.24, 2.45) is 7.05 Å². The summed E-state index contributed by atoms with van der Waals surface area (Å²) in [6.07, 6.45) is 0. The zero-order chi connectivity index (χ0) is 14.2. The predicted octanol–water partition coefficient (Wildman–Crippen LogP) is 3.26. The molecule has 0 bridgehead atoms. The number of rotatable bonds is 2. The number of hydrogen-bond donors (Lipinski definition) is 0. The van der Waals surface area contributed by atoms with E-state index in [-0.39, 0.29) is 11.2 Å². The molecule has 1 aromatic carbocycles. The lowest BCUT2D eigenvalue weighted by molar-refractivity contribution is 0.103. The number of hydrogen-bond acceptors (Lipinski definition) is 2. The molecule has 19 heavy (non-hydrogen) atoms. The molecule has 0 aliphatic rings. The van der Waals surface area contributed by atoms with Gasteiger partial charge in [-0.1, -0.05) is 45.0 Å². The second kappa shape index (κ2) is 4.65. The topological polar surface area (TPSA) is 34.9 Å². The van der Waals surface area contributed by atoms with Crippen molar-refractivity contribution in [2.75, 3.05) is 0 Å². The van der Waals surface area contributed by atoms with Gasteiger partial charge in [0.2, 0.25) is 5.78 Å². The number of carbonyl (C=O) groups is 1. The number of carbonyl (C=O) groups excluding carboxylic acids is 1. The molecular formula is C16H20N2O. The largest absolute Gasteiger partial charge is 0.287 e. The van der Waals surface area contributed by atoms with Crippen LogP contribution in [0.25, 0.3) is 0 Å². The van der Waals surface area contributed by atoms with Crippen molar-refractivity contribution in [1.29, 1.82) is 0 Å². The number of aromatic nitrogens is 2. The molecular weight excluding hydrogens is 236 g/mol. The van der Waals surface area contributed by atoms with Crippen molar-refractivity contribution < 1.29 is 4.79 Å². The summed E-state index contributed by atoms with van der Waals surface area (Å²) >= 11 is 0. The molecule has 1 aromatic heterocycles. The molecule has 2 aromatic rings. The second-order valence-corrected chi connectivity index (χ2v) is 5.95. The lowest BCUT2D eigenvalue weighted by atomic mass is 9.86. The summed E-state index contributed by atoms with van der Waals surface area (Å²) in [6, 6.07) is 9.62. The quantitative estimate of drug-likeness (QED) is 0.773. The van der Waals surface area contributed by atoms with Crippen molar-refractivity contribution >= 4 is 5.78 Å². The van der Waals surface area contributed by atoms with Gasteiger partial charge < -0.3 is 0 Å². The van der Waals surface area contributed by atoms with Crippen LogP contribution in [-0.2, 0) is 12.5 Å². The average molecular weight is 256 g/mol. The highest BCUT2D eigenvalue weighted by molar-refractivity contribution is 6.07. The summed E-state index contributed by atoms with van der Waals surface area (Å²) in [5.74, 6) is -0.0239. The molecule has 3 heteroatoms. The molecule has 0 radical (unpaired) electrons. The van der Waals surface area contributed by atoms with E-state index in [9.17, 15) is 4.79 Å². The van der Waals surface area contributed by atoms with E-state index in [2.05, 4.69) is 25.9 Å². The summed E-state index contributed by atoms with van der Waals surface area (Å²) in [7, 11) is 1.84. The van der Waals surface area contributed by atoms with Crippen LogP contribution in [0.5, 0.6) is 0 Å². The SMILES string of the molecule is Cc1cc(C(=O)c2ccc(C(C)(C)C)cc2)nn1C. The normalized spacial score (nSPS) is 11.6. The van der Waals surface area contributed by atoms with E-state index in [0.29, 0.717) is 11.3 Å². The van der Waals surface area contributed by atoms with Crippen LogP contribution in [0.4, 0.5) is 0 Å². The Hall–Kier alpha value is -1.90. The third-order valence-electron chi connectivity index (χ3n) is 3.36. The van der Waals surface area contributed by atoms with Crippen molar-refractivity contribution in [3.05, 3.63) is 52.8 Å². The van der Waals surface area contributed by atoms with Crippen LogP contribution in [0.2, 0.25) is 0 Å². The van der Waals surface area contributed by atoms with E-state index in [4.69, 9.17) is 0 Å². The fourth-order valence-electron chi connectivity index (χ4n) is 1.94. The summed E-state index contributed by atoms with van der Waals surface area (Å²) in [4.78, 5) is 12.3. The zero-order valence-corrected chi connectivity index (χ0v) is 12.2. The fourth-order valence-corrected chi connectivity index (χ4v) is 1.94. The molecule has 3 nitrogen and oxygen atoms in total. The standard InChI is InChI=1S/C16H20N2O/c1-11-10-14(17-18(11)5)15(19)12-6-8-13(9-7-12)16(2,3)4/h6-10H,1-5H3. The predicted molar refractivity (Wildman–Crippen MR) is 76.5 cm³/mol. The molecule has 0 saturated carbocycles. The minimum atomic E-state index is -0.0239. The van der Waals surface area contributed by atoms with E-state index in [1.54, 1.807) is 4.68 Å². The maximum absolute atomic E-state index is 12.3. The highest BCUT2D eigenvalue weighted by atomic mass is 16.1. The van der Waals surface area contributed by atoms with Gasteiger partial charge in [0, 0.05) is 18.3 Å². The Bertz CT molecular complexity index is 581. The van der Waals surface area contributed by atoms with E-state index >= 15 is 0 Å². The van der Waals surface area contributed by atoms with Gasteiger partial charge in [0.05, 0.1) is 0 Å². The summed E-state index contributed by atoms with van der Waals surface area (Å²) in [6.45, 7) is 8.41. The molecule has 0 saturated heterocycles. The van der Waals surface area contributed by atoms with Crippen molar-refractivity contribution in [2.45, 2.75) is 33.1 Å². The first-order valence-corrected chi connectivity index (χ1v) is 6.45. The monoisotopic (exact) mass is 256 g/mol. The molecule has 100 valence electrons. The molecule has 0 N–H and O–H groups in total. The fraction of sp³-hybridized carbons (Fsp3) is 0.375. The van der Waals surface area contributed by atoms with Crippen LogP contribution in [0, 0.1) is 6.92 Å². The maximum atomic E-state index is 12.3. The first-order valence-electron chi connectivity index (χ1n) is 6.45. The highest BCUT2D eigenvalue weighted by Gasteiger charge is 2.16. The maximum Gasteiger partial charge on any atom is 0.213 e. The van der Waals surface area contributed by atoms with Crippen LogP contribution >= 0.6 is 0 Å². The highest BCUT2D eigenvalue weighted by Crippen LogP contribution is 2.22. The Morgan fingerprint density at radius 2 is 1.74 bits per heavy atom. The van der Waals surface area contributed by atoms with Gasteiger partial charge in [-0.15, -0.1) is 0 Å². The van der Waals surface area contributed by atoms with Gasteiger partial charge in [-0.05, 0) is 24.0 Å². The average Bonchev–Trinajstić information content (AvgIpc) is 2.68. The molecule has 0 spiro atoms. The molecule has 0 aliphatic carbocycles. The molecule has 0 aliphatic heterocycles. The molecule has 0 fully saturated rings. The molecule has 0 amide bonds. The van der Waals surface area contributed by atoms with Gasteiger partial charge in [-0.3, -0.25) is 9.48 Å². The van der Waals surface area contributed by atoms with Crippen molar-refractivity contribution in [1.82, 2.24) is 9.78 Å². The van der Waals surface area contributed by atoms with E-state index < -0.39 is 0 Å². The van der Waals surface area contributed by atoms with Crippen LogP contribution in [-0.4, -0.2) is 15.6 Å². The van der Waals surface area contributed by atoms with Gasteiger partial charge in [-0.2, -0.15) is 5.10 Å². The molecule has 0 unspecified atom stereocenters. The third kappa shape index (κ3) is 2.75. The van der Waals surface area contributed by atoms with E-state index in [1.165, 1.54) is 5.56 Å². The molecule has 1 heterocycles. The summed E-state index contributed by atoms with van der Waals surface area (Å²) in [5.41, 5.74) is 3.49. The minimum Gasteiger partial charge on any atom is -0.287 e. The Morgan fingerprint density at radius 3 is 2.16 bits per heavy atom. The molecule has 0 atom stereocenters. The van der Waals surface area contributed by atoms with Crippen LogP contribution in [0.3, 0.4) is 0 Å². The van der Waals surface area contributed by atoms with Crippen LogP contribution in [0.15, 0.2) is 30.3 Å². The van der Waals surface area contributed by atoms with Crippen LogP contribution < -0.4 is 0 Å². The number of ketones is 1. The number of aryl methyl sites for hydroxylation is 2. The van der Waals surface area contributed by atoms with Gasteiger partial charge >= 0.3 is 0 Å². The van der Waals surface area contributed by atoms with Gasteiger partial charge in [0.15, 0.2) is 0 Å². The molecule has 2 rings (SSSR count). The van der Waals surface area contributed by atoms with Gasteiger partial charge in [0.1, 0.15) is 5.69 Å². The van der Waals surface area contributed by atoms with Gasteiger partial charge in [-0.25, -0.2) is 0 Å². The van der Waals surface area contributed by atoms with E-state index in [1.807, 2.05) is 44.3 Å². The third-order valence-corrected chi connectivity index (χ3v) is 3.36. The Kier molecular flexibility index (Phi) is 3.31. The first-order chi connectivity index (χ1) is 8.79. The lowest BCUT2D eigenvalue weighted by Crippen LogP contribution is -2.11. The number of benzene rings is 1. The first kappa shape index (κ1) is 13.5. The Balaban J connectivity index is 2.30. The minimum absolute atomic E-state index is 0.0239. The Morgan fingerprint density at radius 1 is 1.16 bits per heavy atom. The zero-order valence-electron chi connectivity index (χ0n) is 12.2. The van der Waals surface area contributed by atoms with Crippen molar-refractivity contribution in [3.63, 3.8) is 0 Å². The van der Waals surface area contributed by atoms with Gasteiger partial charge in [0.25, 0.3) is 0 Å². The summed E-state index contributed by atoms with van der Waals surface area (Å²) < 4.78 is 1.72. The van der Waals surface area contributed by atoms with Crippen molar-refractivity contribution in [3.8, 4) is 0 Å².